The molecule has 0 heterocycles. The Morgan fingerprint density at radius 1 is 1.43 bits per heavy atom. The highest BCUT2D eigenvalue weighted by atomic mass is 32.2. The van der Waals surface area contributed by atoms with Gasteiger partial charge in [-0.2, -0.15) is 8.78 Å². The van der Waals surface area contributed by atoms with Gasteiger partial charge in [0.05, 0.1) is 0 Å². The quantitative estimate of drug-likeness (QED) is 0.203. The number of nitrogens with one attached hydrogen (secondary N) is 1. The zero-order valence-electron chi connectivity index (χ0n) is 15.5. The largest absolute Gasteiger partial charge is 0.378 e. The number of amides is 1. The minimum absolute atomic E-state index is 0.0330. The van der Waals surface area contributed by atoms with Gasteiger partial charge in [-0.25, -0.2) is 9.38 Å². The SMILES string of the molecule is C=N/C(=C\C=C(/C)C(F)(F)P)C(=O)Nc1ccc(F)c(N=C(N)SCCC)c1. The van der Waals surface area contributed by atoms with Crippen molar-refractivity contribution >= 4 is 50.2 Å². The molecule has 5 nitrogen and oxygen atoms in total. The zero-order chi connectivity index (χ0) is 21.3. The van der Waals surface area contributed by atoms with E-state index in [0.717, 1.165) is 30.4 Å². The number of halogens is 3. The molecule has 1 aromatic carbocycles. The third-order valence-electron chi connectivity index (χ3n) is 3.31. The van der Waals surface area contributed by atoms with Crippen LogP contribution in [0.2, 0.25) is 0 Å². The summed E-state index contributed by atoms with van der Waals surface area (Å²) in [6.07, 6.45) is 3.08. The molecule has 152 valence electrons. The standard InChI is InChI=1S/C18H22F3N4OPS/c1-4-9-28-17(22)25-15-10-12(6-7-13(15)19)24-16(26)14(23-3)8-5-11(2)18(20,21)27/h5-8,10H,3-4,9,27H2,1-2H3,(H2,22,25)(H,24,26)/b11-5+,14-8-. The van der Waals surface area contributed by atoms with Crippen molar-refractivity contribution in [2.75, 3.05) is 11.1 Å². The summed E-state index contributed by atoms with van der Waals surface area (Å²) in [4.78, 5) is 19.8. The van der Waals surface area contributed by atoms with Gasteiger partial charge in [0.15, 0.2) is 5.17 Å². The number of rotatable bonds is 8. The van der Waals surface area contributed by atoms with Crippen molar-refractivity contribution in [2.45, 2.75) is 25.9 Å². The third kappa shape index (κ3) is 7.86. The molecule has 0 fully saturated rings. The molecule has 0 bridgehead atoms. The molecule has 0 radical (unpaired) electrons. The van der Waals surface area contributed by atoms with Crippen molar-refractivity contribution in [3.05, 3.63) is 47.4 Å². The van der Waals surface area contributed by atoms with Crippen LogP contribution < -0.4 is 11.1 Å². The molecule has 1 amide bonds. The molecule has 0 aliphatic rings. The number of aliphatic imine (C=N–C) groups is 2. The summed E-state index contributed by atoms with van der Waals surface area (Å²) in [6, 6.07) is 3.78. The Bertz CT molecular complexity index is 820. The molecule has 3 N–H and O–H groups in total. The summed E-state index contributed by atoms with van der Waals surface area (Å²) < 4.78 is 40.2. The Labute approximate surface area is 168 Å². The van der Waals surface area contributed by atoms with Crippen LogP contribution in [-0.2, 0) is 4.79 Å². The Kier molecular flexibility index (Phi) is 9.41. The average Bonchev–Trinajstić information content (AvgIpc) is 2.62. The molecule has 0 saturated heterocycles. The molecule has 28 heavy (non-hydrogen) atoms. The van der Waals surface area contributed by atoms with Crippen molar-refractivity contribution in [1.29, 1.82) is 0 Å². The fourth-order valence-electron chi connectivity index (χ4n) is 1.74. The predicted molar refractivity (Wildman–Crippen MR) is 115 cm³/mol. The van der Waals surface area contributed by atoms with Gasteiger partial charge in [-0.05, 0) is 49.9 Å². The van der Waals surface area contributed by atoms with Gasteiger partial charge in [-0.15, -0.1) is 0 Å². The average molecular weight is 430 g/mol. The van der Waals surface area contributed by atoms with Gasteiger partial charge in [0, 0.05) is 11.4 Å². The first-order valence-corrected chi connectivity index (χ1v) is 9.75. The van der Waals surface area contributed by atoms with Crippen LogP contribution in [0.15, 0.2) is 51.6 Å². The van der Waals surface area contributed by atoms with Gasteiger partial charge in [0.2, 0.25) is 0 Å². The number of nitrogens with zero attached hydrogens (tertiary/aromatic N) is 2. The van der Waals surface area contributed by atoms with Crippen LogP contribution in [0.3, 0.4) is 0 Å². The molecule has 10 heteroatoms. The predicted octanol–water partition coefficient (Wildman–Crippen LogP) is 4.85. The Balaban J connectivity index is 3.02. The van der Waals surface area contributed by atoms with Crippen molar-refractivity contribution in [3.63, 3.8) is 0 Å². The second-order valence-corrected chi connectivity index (χ2v) is 7.44. The second-order valence-electron chi connectivity index (χ2n) is 5.60. The van der Waals surface area contributed by atoms with E-state index in [1.165, 1.54) is 40.1 Å². The van der Waals surface area contributed by atoms with Crippen LogP contribution in [0.5, 0.6) is 0 Å². The van der Waals surface area contributed by atoms with Crippen LogP contribution in [0, 0.1) is 5.82 Å². The van der Waals surface area contributed by atoms with Gasteiger partial charge in [-0.3, -0.25) is 9.79 Å². The first-order valence-electron chi connectivity index (χ1n) is 8.18. The van der Waals surface area contributed by atoms with Gasteiger partial charge in [0.25, 0.3) is 11.6 Å². The van der Waals surface area contributed by atoms with Gasteiger partial charge in [-0.1, -0.05) is 34.0 Å². The number of thioether (sulfide) groups is 1. The number of hydrogen-bond acceptors (Lipinski definition) is 4. The van der Waals surface area contributed by atoms with Crippen molar-refractivity contribution in [2.24, 2.45) is 15.7 Å². The number of anilines is 1. The molecule has 1 atom stereocenters. The Hall–Kier alpha value is -2.12. The lowest BCUT2D eigenvalue weighted by Crippen LogP contribution is -2.13. The highest BCUT2D eigenvalue weighted by molar-refractivity contribution is 8.13. The summed E-state index contributed by atoms with van der Waals surface area (Å²) in [6.45, 7) is 6.46. The van der Waals surface area contributed by atoms with Gasteiger partial charge < -0.3 is 11.1 Å². The number of amidine groups is 1. The van der Waals surface area contributed by atoms with Gasteiger partial charge >= 0.3 is 0 Å². The maximum Gasteiger partial charge on any atom is 0.280 e. The van der Waals surface area contributed by atoms with Crippen molar-refractivity contribution in [1.82, 2.24) is 0 Å². The first-order chi connectivity index (χ1) is 13.1. The molecule has 1 aromatic rings. The minimum atomic E-state index is -3.10. The lowest BCUT2D eigenvalue weighted by atomic mass is 10.2. The zero-order valence-corrected chi connectivity index (χ0v) is 17.5. The molecule has 1 unspecified atom stereocenters. The second kappa shape index (κ2) is 11.0. The van der Waals surface area contributed by atoms with Crippen LogP contribution in [0.1, 0.15) is 20.3 Å². The van der Waals surface area contributed by atoms with E-state index in [1.54, 1.807) is 0 Å². The summed E-state index contributed by atoms with van der Waals surface area (Å²) in [7, 11) is 1.40. The monoisotopic (exact) mass is 430 g/mol. The minimum Gasteiger partial charge on any atom is -0.378 e. The van der Waals surface area contributed by atoms with E-state index in [4.69, 9.17) is 5.73 Å². The number of benzene rings is 1. The van der Waals surface area contributed by atoms with Crippen LogP contribution >= 0.6 is 21.0 Å². The maximum atomic E-state index is 13.9. The molecule has 0 saturated carbocycles. The molecule has 0 spiro atoms. The van der Waals surface area contributed by atoms with Crippen LogP contribution in [0.25, 0.3) is 0 Å². The smallest absolute Gasteiger partial charge is 0.280 e. The molecule has 0 aliphatic heterocycles. The fraction of sp³-hybridized carbons (Fsp3) is 0.278. The van der Waals surface area contributed by atoms with Crippen LogP contribution in [0.4, 0.5) is 24.5 Å². The molecule has 1 rings (SSSR count). The van der Waals surface area contributed by atoms with E-state index in [2.05, 4.69) is 22.0 Å². The van der Waals surface area contributed by atoms with E-state index < -0.39 is 17.4 Å². The first kappa shape index (κ1) is 23.9. The fourth-order valence-corrected chi connectivity index (χ4v) is 2.42. The third-order valence-corrected chi connectivity index (χ3v) is 4.76. The Morgan fingerprint density at radius 2 is 2.11 bits per heavy atom. The van der Waals surface area contributed by atoms with E-state index in [0.29, 0.717) is 0 Å². The Morgan fingerprint density at radius 3 is 2.68 bits per heavy atom. The molecular formula is C18H22F3N4OPS. The van der Waals surface area contributed by atoms with Crippen LogP contribution in [-0.4, -0.2) is 29.2 Å². The topological polar surface area (TPSA) is 79.8 Å². The van der Waals surface area contributed by atoms with Crippen molar-refractivity contribution < 1.29 is 18.0 Å². The number of nitrogens with two attached hydrogens (primary N) is 1. The number of hydrogen-bond donors (Lipinski definition) is 2. The van der Waals surface area contributed by atoms with E-state index in [1.807, 2.05) is 6.92 Å². The van der Waals surface area contributed by atoms with Crippen molar-refractivity contribution in [3.8, 4) is 0 Å². The van der Waals surface area contributed by atoms with E-state index >= 15 is 0 Å². The van der Waals surface area contributed by atoms with E-state index in [-0.39, 0.29) is 27.8 Å². The molecule has 0 aromatic heterocycles. The summed E-state index contributed by atoms with van der Waals surface area (Å²) in [5.41, 5.74) is 2.40. The highest BCUT2D eigenvalue weighted by Gasteiger charge is 2.23. The number of carbonyl (C=O) groups excluding carboxylic acids is 1. The normalized spacial score (nSPS) is 13.4. The lowest BCUT2D eigenvalue weighted by molar-refractivity contribution is -0.112. The molecular weight excluding hydrogens is 408 g/mol. The number of alkyl halides is 2. The molecule has 0 aliphatic carbocycles. The van der Waals surface area contributed by atoms with Gasteiger partial charge in [0.1, 0.15) is 17.2 Å². The number of allylic oxidation sites excluding steroid dienone is 3. The van der Waals surface area contributed by atoms with E-state index in [9.17, 15) is 18.0 Å². The summed E-state index contributed by atoms with van der Waals surface area (Å²) in [5, 5.41) is 2.70. The highest BCUT2D eigenvalue weighted by Crippen LogP contribution is 2.30. The lowest BCUT2D eigenvalue weighted by Gasteiger charge is -2.10. The summed E-state index contributed by atoms with van der Waals surface area (Å²) >= 11 is 1.29. The number of carbonyl (C=O) groups is 1. The maximum absolute atomic E-state index is 13.9. The summed E-state index contributed by atoms with van der Waals surface area (Å²) in [5.74, 6) is -0.549.